The van der Waals surface area contributed by atoms with Gasteiger partial charge in [-0.1, -0.05) is 0 Å². The number of carbonyl (C=O) groups excluding carboxylic acids is 1. The van der Waals surface area contributed by atoms with Crippen molar-refractivity contribution in [3.05, 3.63) is 35.8 Å². The van der Waals surface area contributed by atoms with Gasteiger partial charge in [-0.2, -0.15) is 22.8 Å². The number of alkyl halides is 3. The average Bonchev–Trinajstić information content (AvgIpc) is 3.27. The molecule has 142 valence electrons. The Morgan fingerprint density at radius 3 is 2.59 bits per heavy atom. The first-order valence-electron chi connectivity index (χ1n) is 7.42. The van der Waals surface area contributed by atoms with Crippen LogP contribution in [0.25, 0.3) is 5.95 Å². The number of rotatable bonds is 4. The van der Waals surface area contributed by atoms with Crippen LogP contribution in [0.3, 0.4) is 0 Å². The van der Waals surface area contributed by atoms with E-state index in [0.717, 1.165) is 4.68 Å². The maximum atomic E-state index is 12.6. The molecule has 0 aliphatic rings. The molecule has 1 amide bonds. The molecule has 0 saturated heterocycles. The van der Waals surface area contributed by atoms with Crippen LogP contribution in [0.1, 0.15) is 22.3 Å². The molecule has 0 aliphatic carbocycles. The lowest BCUT2D eigenvalue weighted by Gasteiger charge is -2.14. The molecule has 0 unspecified atom stereocenters. The number of anilines is 1. The van der Waals surface area contributed by atoms with Crippen LogP contribution in [-0.2, 0) is 6.18 Å². The van der Waals surface area contributed by atoms with Gasteiger partial charge in [0.1, 0.15) is 5.82 Å². The molecule has 27 heavy (non-hydrogen) atoms. The number of nitrogens with one attached hydrogen (secondary N) is 1. The van der Waals surface area contributed by atoms with E-state index >= 15 is 0 Å². The summed E-state index contributed by atoms with van der Waals surface area (Å²) < 4.78 is 43.8. The van der Waals surface area contributed by atoms with E-state index in [4.69, 9.17) is 4.74 Å². The zero-order valence-electron chi connectivity index (χ0n) is 14.3. The summed E-state index contributed by atoms with van der Waals surface area (Å²) in [5.41, 5.74) is 0.451. The fraction of sp³-hybridized carbons (Fsp3) is 0.286. The largest absolute Gasteiger partial charge is 0.481 e. The van der Waals surface area contributed by atoms with Crippen LogP contribution in [0.2, 0.25) is 0 Å². The number of aryl methyl sites for hydroxylation is 1. The monoisotopic (exact) mass is 382 g/mol. The molecule has 0 atom stereocenters. The number of aromatic amines is 1. The van der Waals surface area contributed by atoms with Gasteiger partial charge in [-0.25, -0.2) is 9.97 Å². The normalized spacial score (nSPS) is 11.5. The van der Waals surface area contributed by atoms with Crippen LogP contribution < -0.4 is 9.64 Å². The van der Waals surface area contributed by atoms with E-state index in [-0.39, 0.29) is 17.6 Å². The van der Waals surface area contributed by atoms with E-state index in [1.807, 2.05) is 0 Å². The number of hydrogen-bond acceptors (Lipinski definition) is 7. The Morgan fingerprint density at radius 1 is 1.30 bits per heavy atom. The summed E-state index contributed by atoms with van der Waals surface area (Å²) in [7, 11) is 2.94. The molecular formula is C14H13F3N8O2. The van der Waals surface area contributed by atoms with Crippen molar-refractivity contribution in [3.63, 3.8) is 0 Å². The van der Waals surface area contributed by atoms with E-state index in [2.05, 4.69) is 25.1 Å². The summed E-state index contributed by atoms with van der Waals surface area (Å²) in [5, 5.41) is 9.16. The number of pyridine rings is 1. The third-order valence-corrected chi connectivity index (χ3v) is 3.51. The van der Waals surface area contributed by atoms with Crippen LogP contribution in [0, 0.1) is 6.92 Å². The summed E-state index contributed by atoms with van der Waals surface area (Å²) in [6.45, 7) is 1.46. The molecule has 0 bridgehead atoms. The molecule has 10 nitrogen and oxygen atoms in total. The maximum absolute atomic E-state index is 12.6. The van der Waals surface area contributed by atoms with Crippen LogP contribution in [0.15, 0.2) is 18.3 Å². The summed E-state index contributed by atoms with van der Waals surface area (Å²) in [6.07, 6.45) is -3.26. The van der Waals surface area contributed by atoms with Crippen molar-refractivity contribution in [1.82, 2.24) is 34.9 Å². The molecule has 3 heterocycles. The third-order valence-electron chi connectivity index (χ3n) is 3.51. The van der Waals surface area contributed by atoms with Gasteiger partial charge in [0.05, 0.1) is 19.0 Å². The fourth-order valence-electron chi connectivity index (χ4n) is 2.10. The van der Waals surface area contributed by atoms with Crippen LogP contribution in [0.5, 0.6) is 5.88 Å². The van der Waals surface area contributed by atoms with Crippen molar-refractivity contribution in [2.45, 2.75) is 13.1 Å². The Kier molecular flexibility index (Phi) is 4.51. The zero-order chi connectivity index (χ0) is 19.8. The number of carbonyl (C=O) groups is 1. The minimum Gasteiger partial charge on any atom is -0.481 e. The van der Waals surface area contributed by atoms with Gasteiger partial charge in [-0.05, 0) is 13.0 Å². The second-order valence-electron chi connectivity index (χ2n) is 5.30. The first kappa shape index (κ1) is 18.3. The minimum atomic E-state index is -4.68. The fourth-order valence-corrected chi connectivity index (χ4v) is 2.10. The summed E-state index contributed by atoms with van der Waals surface area (Å²) in [4.78, 5) is 25.1. The number of amides is 1. The van der Waals surface area contributed by atoms with Gasteiger partial charge in [0.25, 0.3) is 11.9 Å². The SMILES string of the molecule is COc1ccc(N(C)C(=O)c2nc(C)n(-c3n[nH]c(C(F)(F)F)n3)n2)cn1. The molecular weight excluding hydrogens is 369 g/mol. The van der Waals surface area contributed by atoms with E-state index in [9.17, 15) is 18.0 Å². The van der Waals surface area contributed by atoms with E-state index in [0.29, 0.717) is 11.6 Å². The lowest BCUT2D eigenvalue weighted by atomic mass is 10.3. The van der Waals surface area contributed by atoms with Gasteiger partial charge in [0.15, 0.2) is 0 Å². The second kappa shape index (κ2) is 6.66. The van der Waals surface area contributed by atoms with Crippen LogP contribution >= 0.6 is 0 Å². The number of methoxy groups -OCH3 is 1. The zero-order valence-corrected chi connectivity index (χ0v) is 14.3. The lowest BCUT2D eigenvalue weighted by Crippen LogP contribution is -2.27. The average molecular weight is 382 g/mol. The van der Waals surface area contributed by atoms with Crippen molar-refractivity contribution in [1.29, 1.82) is 0 Å². The Hall–Kier alpha value is -3.51. The first-order chi connectivity index (χ1) is 12.7. The quantitative estimate of drug-likeness (QED) is 0.725. The lowest BCUT2D eigenvalue weighted by molar-refractivity contribution is -0.144. The highest BCUT2D eigenvalue weighted by Gasteiger charge is 2.36. The Labute approximate surface area is 150 Å². The predicted molar refractivity (Wildman–Crippen MR) is 84.6 cm³/mol. The van der Waals surface area contributed by atoms with Crippen LogP contribution in [-0.4, -0.2) is 55.0 Å². The minimum absolute atomic E-state index is 0.146. The predicted octanol–water partition coefficient (Wildman–Crippen LogP) is 1.39. The summed E-state index contributed by atoms with van der Waals surface area (Å²) in [5.74, 6) is -1.95. The van der Waals surface area contributed by atoms with Gasteiger partial charge < -0.3 is 9.64 Å². The van der Waals surface area contributed by atoms with E-state index in [1.165, 1.54) is 32.2 Å². The molecule has 3 rings (SSSR count). The van der Waals surface area contributed by atoms with Gasteiger partial charge in [-0.15, -0.1) is 10.2 Å². The van der Waals surface area contributed by atoms with Crippen molar-refractivity contribution in [2.24, 2.45) is 0 Å². The summed E-state index contributed by atoms with van der Waals surface area (Å²) >= 11 is 0. The van der Waals surface area contributed by atoms with Crippen LogP contribution in [0.4, 0.5) is 18.9 Å². The van der Waals surface area contributed by atoms with Crippen molar-refractivity contribution < 1.29 is 22.7 Å². The number of nitrogens with zero attached hydrogens (tertiary/aromatic N) is 7. The summed E-state index contributed by atoms with van der Waals surface area (Å²) in [6, 6.07) is 3.18. The topological polar surface area (TPSA) is 115 Å². The van der Waals surface area contributed by atoms with Gasteiger partial charge in [0.2, 0.25) is 17.5 Å². The Bertz CT molecular complexity index is 964. The molecule has 0 saturated carbocycles. The Morgan fingerprint density at radius 2 is 2.04 bits per heavy atom. The van der Waals surface area contributed by atoms with Crippen molar-refractivity contribution in [3.8, 4) is 11.8 Å². The van der Waals surface area contributed by atoms with Gasteiger partial charge in [0, 0.05) is 13.1 Å². The highest BCUT2D eigenvalue weighted by atomic mass is 19.4. The molecule has 0 aliphatic heterocycles. The highest BCUT2D eigenvalue weighted by molar-refractivity contribution is 6.03. The molecule has 13 heteroatoms. The van der Waals surface area contributed by atoms with E-state index in [1.54, 1.807) is 17.2 Å². The molecule has 0 spiro atoms. The number of hydrogen-bond donors (Lipinski definition) is 1. The maximum Gasteiger partial charge on any atom is 0.451 e. The van der Waals surface area contributed by atoms with E-state index < -0.39 is 17.9 Å². The highest BCUT2D eigenvalue weighted by Crippen LogP contribution is 2.26. The molecule has 0 radical (unpaired) electrons. The molecule has 0 fully saturated rings. The molecule has 3 aromatic heterocycles. The third kappa shape index (κ3) is 3.56. The van der Waals surface area contributed by atoms with Gasteiger partial charge >= 0.3 is 6.18 Å². The van der Waals surface area contributed by atoms with Gasteiger partial charge in [-0.3, -0.25) is 9.89 Å². The standard InChI is InChI=1S/C14H13F3N8O2/c1-7-19-10(11(26)24(2)8-4-5-9(27-3)18-6-8)23-25(7)13-20-12(21-22-13)14(15,16)17/h4-6H,1-3H3,(H,20,21,22). The number of halogens is 3. The smallest absolute Gasteiger partial charge is 0.451 e. The molecule has 3 aromatic rings. The number of H-pyrrole nitrogens is 1. The number of aromatic nitrogens is 7. The molecule has 1 N–H and O–H groups in total. The molecule has 0 aromatic carbocycles. The van der Waals surface area contributed by atoms with Crippen molar-refractivity contribution >= 4 is 11.6 Å². The number of ether oxygens (including phenoxy) is 1. The first-order valence-corrected chi connectivity index (χ1v) is 7.42. The Balaban J connectivity index is 1.86. The van der Waals surface area contributed by atoms with Crippen molar-refractivity contribution in [2.75, 3.05) is 19.1 Å². The second-order valence-corrected chi connectivity index (χ2v) is 5.30.